The van der Waals surface area contributed by atoms with Crippen molar-refractivity contribution in [3.63, 3.8) is 0 Å². The van der Waals surface area contributed by atoms with Crippen molar-refractivity contribution in [3.05, 3.63) is 57.2 Å². The standard InChI is InChI=1S/C15H18ClNOS/c1-2-14(17)15(12-6-7-19-10-12)18-9-11-4-3-5-13(16)8-11/h3-8,10,14-15H,2,9,17H2,1H3. The highest BCUT2D eigenvalue weighted by Crippen LogP contribution is 2.26. The average Bonchev–Trinajstić information content (AvgIpc) is 2.92. The molecule has 0 saturated carbocycles. The Hall–Kier alpha value is -0.870. The summed E-state index contributed by atoms with van der Waals surface area (Å²) < 4.78 is 6.00. The molecule has 1 aromatic carbocycles. The van der Waals surface area contributed by atoms with Gasteiger partial charge in [-0.3, -0.25) is 0 Å². The molecule has 0 saturated heterocycles. The topological polar surface area (TPSA) is 35.2 Å². The fourth-order valence-electron chi connectivity index (χ4n) is 1.93. The van der Waals surface area contributed by atoms with E-state index < -0.39 is 0 Å². The number of hydrogen-bond donors (Lipinski definition) is 1. The summed E-state index contributed by atoms with van der Waals surface area (Å²) >= 11 is 7.63. The highest BCUT2D eigenvalue weighted by Gasteiger charge is 2.19. The normalized spacial score (nSPS) is 14.3. The van der Waals surface area contributed by atoms with Crippen LogP contribution in [0, 0.1) is 0 Å². The number of hydrogen-bond acceptors (Lipinski definition) is 3. The van der Waals surface area contributed by atoms with E-state index in [9.17, 15) is 0 Å². The van der Waals surface area contributed by atoms with Gasteiger partial charge < -0.3 is 10.5 Å². The van der Waals surface area contributed by atoms with Gasteiger partial charge in [-0.05, 0) is 46.5 Å². The molecule has 2 aromatic rings. The van der Waals surface area contributed by atoms with E-state index in [2.05, 4.69) is 18.4 Å². The van der Waals surface area contributed by atoms with Crippen LogP contribution in [0.5, 0.6) is 0 Å². The fourth-order valence-corrected chi connectivity index (χ4v) is 2.83. The highest BCUT2D eigenvalue weighted by molar-refractivity contribution is 7.07. The van der Waals surface area contributed by atoms with Crippen molar-refractivity contribution in [3.8, 4) is 0 Å². The lowest BCUT2D eigenvalue weighted by Gasteiger charge is -2.23. The van der Waals surface area contributed by atoms with Crippen molar-refractivity contribution >= 4 is 22.9 Å². The Morgan fingerprint density at radius 3 is 2.84 bits per heavy atom. The highest BCUT2D eigenvalue weighted by atomic mass is 35.5. The van der Waals surface area contributed by atoms with E-state index in [-0.39, 0.29) is 12.1 Å². The molecule has 1 aromatic heterocycles. The van der Waals surface area contributed by atoms with Crippen molar-refractivity contribution in [1.82, 2.24) is 0 Å². The van der Waals surface area contributed by atoms with Gasteiger partial charge in [-0.15, -0.1) is 0 Å². The molecule has 0 aliphatic rings. The number of rotatable bonds is 6. The van der Waals surface area contributed by atoms with E-state index in [0.717, 1.165) is 22.6 Å². The number of nitrogens with two attached hydrogens (primary N) is 1. The van der Waals surface area contributed by atoms with Crippen LogP contribution in [0.2, 0.25) is 5.02 Å². The number of ether oxygens (including phenoxy) is 1. The predicted molar refractivity (Wildman–Crippen MR) is 81.6 cm³/mol. The van der Waals surface area contributed by atoms with Crippen LogP contribution in [0.25, 0.3) is 0 Å². The van der Waals surface area contributed by atoms with Crippen LogP contribution in [0.3, 0.4) is 0 Å². The van der Waals surface area contributed by atoms with Crippen molar-refractivity contribution in [2.45, 2.75) is 32.1 Å². The molecular weight excluding hydrogens is 278 g/mol. The second-order valence-electron chi connectivity index (χ2n) is 4.49. The lowest BCUT2D eigenvalue weighted by atomic mass is 10.0. The smallest absolute Gasteiger partial charge is 0.0988 e. The molecule has 2 unspecified atom stereocenters. The third kappa shape index (κ3) is 4.05. The molecule has 19 heavy (non-hydrogen) atoms. The Morgan fingerprint density at radius 2 is 2.21 bits per heavy atom. The van der Waals surface area contributed by atoms with Gasteiger partial charge in [0.25, 0.3) is 0 Å². The predicted octanol–water partition coefficient (Wildman–Crippen LogP) is 4.40. The molecule has 2 nitrogen and oxygen atoms in total. The van der Waals surface area contributed by atoms with Crippen LogP contribution in [0.15, 0.2) is 41.1 Å². The minimum atomic E-state index is -0.0600. The Kier molecular flexibility index (Phi) is 5.40. The Balaban J connectivity index is 2.05. The van der Waals surface area contributed by atoms with E-state index in [4.69, 9.17) is 22.1 Å². The van der Waals surface area contributed by atoms with E-state index in [0.29, 0.717) is 6.61 Å². The fraction of sp³-hybridized carbons (Fsp3) is 0.333. The maximum atomic E-state index is 6.16. The quantitative estimate of drug-likeness (QED) is 0.857. The molecule has 102 valence electrons. The third-order valence-electron chi connectivity index (χ3n) is 3.05. The molecule has 4 heteroatoms. The van der Waals surface area contributed by atoms with Gasteiger partial charge >= 0.3 is 0 Å². The molecule has 0 aliphatic heterocycles. The second kappa shape index (κ2) is 7.06. The first kappa shape index (κ1) is 14.5. The van der Waals surface area contributed by atoms with E-state index >= 15 is 0 Å². The van der Waals surface area contributed by atoms with Gasteiger partial charge in [0.2, 0.25) is 0 Å². The van der Waals surface area contributed by atoms with E-state index in [1.54, 1.807) is 11.3 Å². The first-order valence-electron chi connectivity index (χ1n) is 6.34. The lowest BCUT2D eigenvalue weighted by Crippen LogP contribution is -2.29. The molecule has 0 bridgehead atoms. The zero-order valence-corrected chi connectivity index (χ0v) is 12.5. The summed E-state index contributed by atoms with van der Waals surface area (Å²) in [7, 11) is 0. The van der Waals surface area contributed by atoms with Crippen LogP contribution in [-0.2, 0) is 11.3 Å². The maximum Gasteiger partial charge on any atom is 0.0988 e. The average molecular weight is 296 g/mol. The van der Waals surface area contributed by atoms with Gasteiger partial charge in [0.1, 0.15) is 0 Å². The first-order valence-corrected chi connectivity index (χ1v) is 7.66. The largest absolute Gasteiger partial charge is 0.367 e. The van der Waals surface area contributed by atoms with Crippen LogP contribution >= 0.6 is 22.9 Å². The monoisotopic (exact) mass is 295 g/mol. The molecule has 2 N–H and O–H groups in total. The van der Waals surface area contributed by atoms with Gasteiger partial charge in [-0.1, -0.05) is 30.7 Å². The van der Waals surface area contributed by atoms with E-state index in [1.807, 2.05) is 29.6 Å². The molecular formula is C15H18ClNOS. The SMILES string of the molecule is CCC(N)C(OCc1cccc(Cl)c1)c1ccsc1. The lowest BCUT2D eigenvalue weighted by molar-refractivity contribution is 0.0215. The molecule has 2 atom stereocenters. The van der Waals surface area contributed by atoms with Crippen LogP contribution in [0.4, 0.5) is 0 Å². The van der Waals surface area contributed by atoms with Gasteiger partial charge in [-0.2, -0.15) is 11.3 Å². The molecule has 0 aliphatic carbocycles. The Labute approximate surface area is 123 Å². The van der Waals surface area contributed by atoms with Gasteiger partial charge in [-0.25, -0.2) is 0 Å². The van der Waals surface area contributed by atoms with Crippen LogP contribution < -0.4 is 5.73 Å². The Bertz CT molecular complexity index is 501. The molecule has 0 amide bonds. The number of thiophene rings is 1. The number of halogens is 1. The minimum absolute atomic E-state index is 0.00813. The zero-order chi connectivity index (χ0) is 13.7. The molecule has 1 heterocycles. The summed E-state index contributed by atoms with van der Waals surface area (Å²) in [6.45, 7) is 2.60. The summed E-state index contributed by atoms with van der Waals surface area (Å²) in [6.07, 6.45) is 0.825. The summed E-state index contributed by atoms with van der Waals surface area (Å²) in [4.78, 5) is 0. The van der Waals surface area contributed by atoms with Gasteiger partial charge in [0.05, 0.1) is 12.7 Å². The summed E-state index contributed by atoms with van der Waals surface area (Å²) in [5.41, 5.74) is 8.38. The van der Waals surface area contributed by atoms with Gasteiger partial charge in [0, 0.05) is 11.1 Å². The van der Waals surface area contributed by atoms with E-state index in [1.165, 1.54) is 0 Å². The second-order valence-corrected chi connectivity index (χ2v) is 5.71. The van der Waals surface area contributed by atoms with Crippen molar-refractivity contribution in [2.24, 2.45) is 5.73 Å². The third-order valence-corrected chi connectivity index (χ3v) is 3.99. The zero-order valence-electron chi connectivity index (χ0n) is 10.9. The summed E-state index contributed by atoms with van der Waals surface area (Å²) in [5, 5.41) is 4.87. The van der Waals surface area contributed by atoms with Gasteiger partial charge in [0.15, 0.2) is 0 Å². The summed E-state index contributed by atoms with van der Waals surface area (Å²) in [6, 6.07) is 9.80. The molecule has 0 spiro atoms. The van der Waals surface area contributed by atoms with Crippen LogP contribution in [0.1, 0.15) is 30.6 Å². The molecule has 0 fully saturated rings. The first-order chi connectivity index (χ1) is 9.20. The maximum absolute atomic E-state index is 6.16. The van der Waals surface area contributed by atoms with Crippen molar-refractivity contribution in [2.75, 3.05) is 0 Å². The molecule has 2 rings (SSSR count). The summed E-state index contributed by atoms with van der Waals surface area (Å²) in [5.74, 6) is 0. The minimum Gasteiger partial charge on any atom is -0.367 e. The number of benzene rings is 1. The molecule has 0 radical (unpaired) electrons. The van der Waals surface area contributed by atoms with Crippen molar-refractivity contribution < 1.29 is 4.74 Å². The Morgan fingerprint density at radius 1 is 1.37 bits per heavy atom. The van der Waals surface area contributed by atoms with Crippen molar-refractivity contribution in [1.29, 1.82) is 0 Å². The van der Waals surface area contributed by atoms with Crippen LogP contribution in [-0.4, -0.2) is 6.04 Å².